The van der Waals surface area contributed by atoms with Crippen LogP contribution >= 0.6 is 11.8 Å². The minimum Gasteiger partial charge on any atom is -0.463 e. The second-order valence-electron chi connectivity index (χ2n) is 9.90. The topological polar surface area (TPSA) is 212 Å². The van der Waals surface area contributed by atoms with E-state index in [9.17, 15) is 33.6 Å². The van der Waals surface area contributed by atoms with Crippen LogP contribution in [-0.4, -0.2) is 122 Å². The smallest absolute Gasteiger partial charge is 0.303 e. The SMILES string of the molecule is COC1OC(CSC2OC(COC(C)=O)C(OC(C)=O)C(OC(C)=O)C2OC(C)=O)C(OC(C)=O)C(OC(C)=O)C1OC(C)=O. The van der Waals surface area contributed by atoms with E-state index < -0.39 is 109 Å². The summed E-state index contributed by atoms with van der Waals surface area (Å²) in [6.07, 6.45) is -11.8. The number of thioether (sulfide) groups is 1. The third-order valence-electron chi connectivity index (χ3n) is 6.10. The van der Waals surface area contributed by atoms with Crippen molar-refractivity contribution in [3.63, 3.8) is 0 Å². The summed E-state index contributed by atoms with van der Waals surface area (Å²) in [5.74, 6) is -5.52. The fourth-order valence-corrected chi connectivity index (χ4v) is 5.96. The van der Waals surface area contributed by atoms with E-state index in [1.165, 1.54) is 7.11 Å². The van der Waals surface area contributed by atoms with Crippen molar-refractivity contribution in [2.45, 2.75) is 109 Å². The first-order valence-electron chi connectivity index (χ1n) is 13.7. The summed E-state index contributed by atoms with van der Waals surface area (Å²) >= 11 is 0.931. The van der Waals surface area contributed by atoms with Crippen molar-refractivity contribution in [1.82, 2.24) is 0 Å². The van der Waals surface area contributed by atoms with E-state index in [1.807, 2.05) is 0 Å². The second kappa shape index (κ2) is 17.3. The molecule has 17 nitrogen and oxygen atoms in total. The number of rotatable bonds is 12. The molecule has 10 unspecified atom stereocenters. The minimum absolute atomic E-state index is 0.143. The highest BCUT2D eigenvalue weighted by Gasteiger charge is 2.55. The lowest BCUT2D eigenvalue weighted by molar-refractivity contribution is -0.294. The molecule has 2 rings (SSSR count). The van der Waals surface area contributed by atoms with Crippen LogP contribution in [0.25, 0.3) is 0 Å². The van der Waals surface area contributed by atoms with E-state index in [-0.39, 0.29) is 5.75 Å². The lowest BCUT2D eigenvalue weighted by atomic mass is 9.98. The Morgan fingerprint density at radius 1 is 0.511 bits per heavy atom. The van der Waals surface area contributed by atoms with Crippen LogP contribution in [0.4, 0.5) is 0 Å². The second-order valence-corrected chi connectivity index (χ2v) is 11.0. The van der Waals surface area contributed by atoms with Gasteiger partial charge in [-0.25, -0.2) is 0 Å². The molecule has 45 heavy (non-hydrogen) atoms. The molecule has 0 amide bonds. The minimum atomic E-state index is -1.41. The standard InChI is InChI=1S/C27H38O17S/c1-11(28)36-9-18-20(37-12(2)29)23(40-15(5)32)25(42-17(7)34)27(44-18)45-10-19-21(38-13(3)30)22(39-14(4)31)24(41-16(6)33)26(35-8)43-19/h18-27H,9-10H2,1-8H3. The van der Waals surface area contributed by atoms with Crippen LogP contribution in [0, 0.1) is 0 Å². The Morgan fingerprint density at radius 2 is 0.911 bits per heavy atom. The van der Waals surface area contributed by atoms with Gasteiger partial charge in [-0.05, 0) is 0 Å². The average molecular weight is 667 g/mol. The van der Waals surface area contributed by atoms with E-state index in [2.05, 4.69) is 0 Å². The zero-order valence-electron chi connectivity index (χ0n) is 26.0. The van der Waals surface area contributed by atoms with E-state index in [4.69, 9.17) is 47.4 Å². The Balaban J connectivity index is 2.51. The van der Waals surface area contributed by atoms with Crippen LogP contribution in [0.5, 0.6) is 0 Å². The van der Waals surface area contributed by atoms with Crippen molar-refractivity contribution in [2.75, 3.05) is 19.5 Å². The van der Waals surface area contributed by atoms with Crippen LogP contribution < -0.4 is 0 Å². The van der Waals surface area contributed by atoms with Crippen molar-refractivity contribution in [1.29, 1.82) is 0 Å². The lowest BCUT2D eigenvalue weighted by Gasteiger charge is -2.46. The largest absolute Gasteiger partial charge is 0.463 e. The number of carbonyl (C=O) groups excluding carboxylic acids is 7. The van der Waals surface area contributed by atoms with E-state index in [0.717, 1.165) is 60.2 Å². The molecule has 0 saturated carbocycles. The third kappa shape index (κ3) is 11.4. The molecule has 254 valence electrons. The molecule has 2 fully saturated rings. The Labute approximate surface area is 263 Å². The van der Waals surface area contributed by atoms with Gasteiger partial charge in [0.05, 0.1) is 0 Å². The van der Waals surface area contributed by atoms with Gasteiger partial charge >= 0.3 is 41.8 Å². The molecule has 2 aliphatic heterocycles. The fraction of sp³-hybridized carbons (Fsp3) is 0.741. The van der Waals surface area contributed by atoms with E-state index in [0.29, 0.717) is 0 Å². The molecule has 2 saturated heterocycles. The molecule has 18 heteroatoms. The van der Waals surface area contributed by atoms with Crippen LogP contribution in [0.3, 0.4) is 0 Å². The summed E-state index contributed by atoms with van der Waals surface area (Å²) in [6.45, 7) is 7.33. The van der Waals surface area contributed by atoms with Crippen molar-refractivity contribution in [3.8, 4) is 0 Å². The molecule has 0 spiro atoms. The Bertz CT molecular complexity index is 1110. The Hall–Kier alpha value is -3.48. The maximum Gasteiger partial charge on any atom is 0.303 e. The molecule has 0 aliphatic carbocycles. The highest BCUT2D eigenvalue weighted by molar-refractivity contribution is 7.99. The maximum absolute atomic E-state index is 12.2. The van der Waals surface area contributed by atoms with Gasteiger partial charge in [-0.3, -0.25) is 33.6 Å². The van der Waals surface area contributed by atoms with Crippen LogP contribution in [0.15, 0.2) is 0 Å². The molecule has 0 aromatic heterocycles. The Kier molecular flexibility index (Phi) is 14.5. The molecule has 0 bridgehead atoms. The summed E-state index contributed by atoms with van der Waals surface area (Å²) in [5.41, 5.74) is -1.19. The van der Waals surface area contributed by atoms with Gasteiger partial charge in [0.25, 0.3) is 0 Å². The normalized spacial score (nSPS) is 31.0. The van der Waals surface area contributed by atoms with Gasteiger partial charge < -0.3 is 47.4 Å². The zero-order valence-corrected chi connectivity index (χ0v) is 26.9. The summed E-state index contributed by atoms with van der Waals surface area (Å²) < 4.78 is 55.0. The van der Waals surface area contributed by atoms with Crippen molar-refractivity contribution in [3.05, 3.63) is 0 Å². The molecular weight excluding hydrogens is 628 g/mol. The van der Waals surface area contributed by atoms with Gasteiger partial charge in [0.15, 0.2) is 42.9 Å². The summed E-state index contributed by atoms with van der Waals surface area (Å²) in [7, 11) is 1.25. The average Bonchev–Trinajstić information content (AvgIpc) is 2.90. The molecule has 0 aromatic rings. The highest BCUT2D eigenvalue weighted by Crippen LogP contribution is 2.37. The Morgan fingerprint density at radius 3 is 1.36 bits per heavy atom. The molecule has 0 aromatic carbocycles. The number of ether oxygens (including phenoxy) is 10. The van der Waals surface area contributed by atoms with Crippen LogP contribution in [0.1, 0.15) is 48.5 Å². The molecule has 2 aliphatic rings. The molecule has 2 heterocycles. The van der Waals surface area contributed by atoms with Gasteiger partial charge in [-0.2, -0.15) is 0 Å². The summed E-state index contributed by atoms with van der Waals surface area (Å²) in [5, 5.41) is 0. The molecule has 10 atom stereocenters. The fourth-order valence-electron chi connectivity index (χ4n) is 4.69. The first-order chi connectivity index (χ1) is 21.0. The lowest BCUT2D eigenvalue weighted by Crippen LogP contribution is -2.63. The summed E-state index contributed by atoms with van der Waals surface area (Å²) in [4.78, 5) is 83.8. The number of carbonyl (C=O) groups is 7. The predicted molar refractivity (Wildman–Crippen MR) is 147 cm³/mol. The van der Waals surface area contributed by atoms with Gasteiger partial charge in [-0.1, -0.05) is 0 Å². The van der Waals surface area contributed by atoms with Crippen LogP contribution in [0.2, 0.25) is 0 Å². The molecule has 0 N–H and O–H groups in total. The first-order valence-corrected chi connectivity index (χ1v) is 14.7. The number of hydrogen-bond acceptors (Lipinski definition) is 18. The van der Waals surface area contributed by atoms with Crippen LogP contribution in [-0.2, 0) is 80.9 Å². The van der Waals surface area contributed by atoms with E-state index in [1.54, 1.807) is 0 Å². The predicted octanol–water partition coefficient (Wildman–Crippen LogP) is -0.0309. The van der Waals surface area contributed by atoms with Gasteiger partial charge in [0.1, 0.15) is 24.3 Å². The van der Waals surface area contributed by atoms with Gasteiger partial charge in [-0.15, -0.1) is 11.8 Å². The van der Waals surface area contributed by atoms with E-state index >= 15 is 0 Å². The zero-order chi connectivity index (χ0) is 34.0. The quantitative estimate of drug-likeness (QED) is 0.198. The highest BCUT2D eigenvalue weighted by atomic mass is 32.2. The van der Waals surface area contributed by atoms with Crippen molar-refractivity contribution in [2.24, 2.45) is 0 Å². The number of esters is 7. The molecular formula is C27H38O17S. The summed E-state index contributed by atoms with van der Waals surface area (Å²) in [6, 6.07) is 0. The maximum atomic E-state index is 12.2. The van der Waals surface area contributed by atoms with Crippen molar-refractivity contribution < 1.29 is 80.9 Å². The van der Waals surface area contributed by atoms with Gasteiger partial charge in [0.2, 0.25) is 0 Å². The van der Waals surface area contributed by atoms with Crippen molar-refractivity contribution >= 4 is 53.5 Å². The third-order valence-corrected chi connectivity index (χ3v) is 7.33. The molecule has 0 radical (unpaired) electrons. The monoisotopic (exact) mass is 666 g/mol. The first kappa shape index (κ1) is 37.7. The van der Waals surface area contributed by atoms with Gasteiger partial charge in [0, 0.05) is 61.3 Å². The number of methoxy groups -OCH3 is 1. The number of hydrogen-bond donors (Lipinski definition) is 0.